The number of nitrogens with two attached hydrogens (primary N) is 1. The van der Waals surface area contributed by atoms with Gasteiger partial charge in [0.05, 0.1) is 11.6 Å². The Kier molecular flexibility index (Phi) is 4.34. The lowest BCUT2D eigenvalue weighted by molar-refractivity contribution is -0.132. The molecule has 0 aromatic heterocycles. The predicted molar refractivity (Wildman–Crippen MR) is 59.9 cm³/mol. The monoisotopic (exact) mass is 210 g/mol. The highest BCUT2D eigenvalue weighted by Crippen LogP contribution is 2.20. The minimum Gasteiger partial charge on any atom is -0.478 e. The van der Waals surface area contributed by atoms with E-state index in [4.69, 9.17) is 10.8 Å². The predicted octanol–water partition coefficient (Wildman–Crippen LogP) is 1.71. The van der Waals surface area contributed by atoms with E-state index in [9.17, 15) is 4.79 Å². The molecule has 84 valence electrons. The fraction of sp³-hybridized carbons (Fsp3) is 0.636. The number of hydrogen-bond acceptors (Lipinski definition) is 3. The Balaban J connectivity index is 2.68. The Morgan fingerprint density at radius 3 is 2.47 bits per heavy atom. The van der Waals surface area contributed by atoms with Crippen LogP contribution in [-0.2, 0) is 4.79 Å². The van der Waals surface area contributed by atoms with E-state index in [1.54, 1.807) is 6.92 Å². The van der Waals surface area contributed by atoms with Crippen LogP contribution < -0.4 is 5.73 Å². The maximum absolute atomic E-state index is 10.8. The van der Waals surface area contributed by atoms with E-state index in [-0.39, 0.29) is 11.6 Å². The number of hydrogen-bond donors (Lipinski definition) is 2. The number of nitrogens with zero attached hydrogens (tertiary/aromatic N) is 1. The van der Waals surface area contributed by atoms with E-state index in [0.29, 0.717) is 5.71 Å². The molecule has 0 heterocycles. The third kappa shape index (κ3) is 3.38. The van der Waals surface area contributed by atoms with Crippen molar-refractivity contribution in [1.82, 2.24) is 0 Å². The van der Waals surface area contributed by atoms with E-state index >= 15 is 0 Å². The second kappa shape index (κ2) is 5.53. The smallest absolute Gasteiger partial charge is 0.339 e. The molecular weight excluding hydrogens is 192 g/mol. The van der Waals surface area contributed by atoms with Gasteiger partial charge in [-0.05, 0) is 19.8 Å². The Morgan fingerprint density at radius 1 is 1.40 bits per heavy atom. The highest BCUT2D eigenvalue weighted by atomic mass is 16.4. The molecule has 0 saturated heterocycles. The number of carboxylic acid groups (broad SMARTS) is 1. The molecule has 4 nitrogen and oxygen atoms in total. The average Bonchev–Trinajstić information content (AvgIpc) is 2.19. The van der Waals surface area contributed by atoms with E-state index < -0.39 is 5.97 Å². The van der Waals surface area contributed by atoms with Gasteiger partial charge < -0.3 is 10.8 Å². The molecule has 1 fully saturated rings. The molecule has 1 aliphatic carbocycles. The molecule has 0 unspecified atom stereocenters. The van der Waals surface area contributed by atoms with E-state index in [1.807, 2.05) is 0 Å². The van der Waals surface area contributed by atoms with Crippen LogP contribution in [-0.4, -0.2) is 22.8 Å². The van der Waals surface area contributed by atoms with E-state index in [1.165, 1.54) is 19.3 Å². The zero-order chi connectivity index (χ0) is 11.3. The van der Waals surface area contributed by atoms with Crippen molar-refractivity contribution in [3.63, 3.8) is 0 Å². The molecule has 0 spiro atoms. The second-order valence-corrected chi connectivity index (χ2v) is 3.89. The maximum Gasteiger partial charge on any atom is 0.339 e. The summed E-state index contributed by atoms with van der Waals surface area (Å²) in [5, 5.41) is 8.84. The quantitative estimate of drug-likeness (QED) is 0.550. The van der Waals surface area contributed by atoms with Gasteiger partial charge in [-0.15, -0.1) is 0 Å². The van der Waals surface area contributed by atoms with Crippen molar-refractivity contribution in [3.8, 4) is 0 Å². The number of carboxylic acids is 1. The Morgan fingerprint density at radius 2 is 2.00 bits per heavy atom. The van der Waals surface area contributed by atoms with Crippen LogP contribution in [0.4, 0.5) is 0 Å². The van der Waals surface area contributed by atoms with Gasteiger partial charge in [0.25, 0.3) is 0 Å². The van der Waals surface area contributed by atoms with Gasteiger partial charge in [0, 0.05) is 11.9 Å². The summed E-state index contributed by atoms with van der Waals surface area (Å²) < 4.78 is 0. The summed E-state index contributed by atoms with van der Waals surface area (Å²) in [7, 11) is 0. The lowest BCUT2D eigenvalue weighted by Crippen LogP contribution is -2.16. The van der Waals surface area contributed by atoms with Gasteiger partial charge >= 0.3 is 5.97 Å². The summed E-state index contributed by atoms with van der Waals surface area (Å²) in [4.78, 5) is 15.2. The topological polar surface area (TPSA) is 75.7 Å². The van der Waals surface area contributed by atoms with Crippen LogP contribution in [0, 0.1) is 0 Å². The molecule has 1 rings (SSSR count). The zero-order valence-corrected chi connectivity index (χ0v) is 9.07. The average molecular weight is 210 g/mol. The highest BCUT2D eigenvalue weighted by molar-refractivity contribution is 6.18. The molecule has 0 aromatic rings. The van der Waals surface area contributed by atoms with Gasteiger partial charge in [0.2, 0.25) is 0 Å². The summed E-state index contributed by atoms with van der Waals surface area (Å²) in [5.74, 6) is -1.01. The Hall–Kier alpha value is -1.32. The molecule has 0 aromatic carbocycles. The van der Waals surface area contributed by atoms with Gasteiger partial charge in [-0.25, -0.2) is 4.79 Å². The van der Waals surface area contributed by atoms with Crippen LogP contribution in [0.3, 0.4) is 0 Å². The van der Waals surface area contributed by atoms with Gasteiger partial charge in [0.15, 0.2) is 0 Å². The first-order valence-electron chi connectivity index (χ1n) is 5.35. The summed E-state index contributed by atoms with van der Waals surface area (Å²) >= 11 is 0. The molecule has 15 heavy (non-hydrogen) atoms. The SMILES string of the molecule is CC(=NC1CCCCC1)C(=CN)C(=O)O. The summed E-state index contributed by atoms with van der Waals surface area (Å²) in [6, 6.07) is 0.285. The minimum atomic E-state index is -1.01. The van der Waals surface area contributed by atoms with Crippen LogP contribution in [0.5, 0.6) is 0 Å². The van der Waals surface area contributed by atoms with Crippen molar-refractivity contribution in [2.75, 3.05) is 0 Å². The standard InChI is InChI=1S/C11H18N2O2/c1-8(10(7-12)11(14)15)13-9-5-3-2-4-6-9/h7,9H,2-6,12H2,1H3,(H,14,15). The summed E-state index contributed by atoms with van der Waals surface area (Å²) in [6.07, 6.45) is 6.89. The number of aliphatic carboxylic acids is 1. The van der Waals surface area contributed by atoms with E-state index in [0.717, 1.165) is 19.0 Å². The number of aliphatic imine (C=N–C) groups is 1. The fourth-order valence-corrected chi connectivity index (χ4v) is 1.90. The first-order valence-corrected chi connectivity index (χ1v) is 5.35. The molecule has 1 aliphatic rings. The molecule has 4 heteroatoms. The van der Waals surface area contributed by atoms with Gasteiger partial charge in [-0.2, -0.15) is 0 Å². The third-order valence-corrected chi connectivity index (χ3v) is 2.74. The number of carbonyl (C=O) groups is 1. The van der Waals surface area contributed by atoms with Crippen molar-refractivity contribution in [1.29, 1.82) is 0 Å². The summed E-state index contributed by atoms with van der Waals surface area (Å²) in [6.45, 7) is 1.71. The fourth-order valence-electron chi connectivity index (χ4n) is 1.90. The highest BCUT2D eigenvalue weighted by Gasteiger charge is 2.15. The molecule has 0 bridgehead atoms. The summed E-state index contributed by atoms with van der Waals surface area (Å²) in [5.41, 5.74) is 5.91. The van der Waals surface area contributed by atoms with Crippen molar-refractivity contribution in [3.05, 3.63) is 11.8 Å². The first kappa shape index (κ1) is 11.8. The molecule has 3 N–H and O–H groups in total. The van der Waals surface area contributed by atoms with Gasteiger partial charge in [0.1, 0.15) is 0 Å². The zero-order valence-electron chi connectivity index (χ0n) is 9.07. The van der Waals surface area contributed by atoms with Gasteiger partial charge in [-0.3, -0.25) is 4.99 Å². The van der Waals surface area contributed by atoms with Crippen LogP contribution in [0.15, 0.2) is 16.8 Å². The van der Waals surface area contributed by atoms with Crippen LogP contribution in [0.2, 0.25) is 0 Å². The first-order chi connectivity index (χ1) is 7.15. The lowest BCUT2D eigenvalue weighted by Gasteiger charge is -2.18. The van der Waals surface area contributed by atoms with Crippen molar-refractivity contribution < 1.29 is 9.90 Å². The molecular formula is C11H18N2O2. The van der Waals surface area contributed by atoms with Crippen molar-refractivity contribution in [2.45, 2.75) is 45.1 Å². The molecule has 0 aliphatic heterocycles. The van der Waals surface area contributed by atoms with Crippen LogP contribution in [0.1, 0.15) is 39.0 Å². The van der Waals surface area contributed by atoms with Crippen molar-refractivity contribution in [2.24, 2.45) is 10.7 Å². The van der Waals surface area contributed by atoms with E-state index in [2.05, 4.69) is 4.99 Å². The maximum atomic E-state index is 10.8. The molecule has 0 amide bonds. The lowest BCUT2D eigenvalue weighted by atomic mass is 9.96. The largest absolute Gasteiger partial charge is 0.478 e. The van der Waals surface area contributed by atoms with Crippen molar-refractivity contribution >= 4 is 11.7 Å². The van der Waals surface area contributed by atoms with Gasteiger partial charge in [-0.1, -0.05) is 19.3 Å². The molecule has 1 saturated carbocycles. The normalized spacial score (nSPS) is 20.3. The third-order valence-electron chi connectivity index (χ3n) is 2.74. The Labute approximate surface area is 89.9 Å². The van der Waals surface area contributed by atoms with Crippen LogP contribution >= 0.6 is 0 Å². The minimum absolute atomic E-state index is 0.112. The second-order valence-electron chi connectivity index (χ2n) is 3.89. The molecule has 0 radical (unpaired) electrons. The Bertz CT molecular complexity index is 289. The van der Waals surface area contributed by atoms with Crippen LogP contribution in [0.25, 0.3) is 0 Å². The molecule has 0 atom stereocenters. The number of rotatable bonds is 3.